The van der Waals surface area contributed by atoms with E-state index in [9.17, 15) is 0 Å². The first kappa shape index (κ1) is 6.80. The summed E-state index contributed by atoms with van der Waals surface area (Å²) in [5, 5.41) is 0. The Kier molecular flexibility index (Phi) is 4.50. The average molecular weight is 193 g/mol. The standard InChI is InChI=1S/2C2H5.CH3.Sn.H/c2*1-2;;;/h2*1H2,2H3;1H3;;. The van der Waals surface area contributed by atoms with Crippen molar-refractivity contribution in [2.24, 2.45) is 0 Å². The summed E-state index contributed by atoms with van der Waals surface area (Å²) in [4.78, 5) is 2.49. The van der Waals surface area contributed by atoms with E-state index in [1.54, 1.807) is 0 Å². The number of hydrogen-bond acceptors (Lipinski definition) is 0. The monoisotopic (exact) mass is 194 g/mol. The summed E-state index contributed by atoms with van der Waals surface area (Å²) in [6, 6.07) is 0. The van der Waals surface area contributed by atoms with Crippen LogP contribution in [0.25, 0.3) is 0 Å². The zero-order valence-corrected chi connectivity index (χ0v) is 8.29. The van der Waals surface area contributed by atoms with Crippen molar-refractivity contribution in [2.75, 3.05) is 0 Å². The molecule has 0 amide bonds. The number of hydrogen-bond donors (Lipinski definition) is 0. The van der Waals surface area contributed by atoms with Gasteiger partial charge in [-0.05, 0) is 0 Å². The molecule has 0 aliphatic carbocycles. The molecule has 0 aliphatic rings. The van der Waals surface area contributed by atoms with Crippen LogP contribution in [0.4, 0.5) is 0 Å². The van der Waals surface area contributed by atoms with Crippen LogP contribution in [-0.4, -0.2) is 19.8 Å². The quantitative estimate of drug-likeness (QED) is 0.587. The molecule has 6 heavy (non-hydrogen) atoms. The van der Waals surface area contributed by atoms with Gasteiger partial charge in [0.1, 0.15) is 0 Å². The molecule has 0 spiro atoms. The first-order chi connectivity index (χ1) is 2.81. The predicted molar refractivity (Wildman–Crippen MR) is 34.0 cm³/mol. The van der Waals surface area contributed by atoms with Crippen molar-refractivity contribution < 1.29 is 0 Å². The fourth-order valence-corrected chi connectivity index (χ4v) is 1.94. The molecule has 0 aromatic rings. The first-order valence-corrected chi connectivity index (χ1v) is 10.8. The van der Waals surface area contributed by atoms with E-state index in [0.717, 1.165) is 0 Å². The van der Waals surface area contributed by atoms with Crippen LogP contribution in [0.1, 0.15) is 13.8 Å². The molecule has 0 bridgehead atoms. The van der Waals surface area contributed by atoms with Crippen LogP contribution in [-0.2, 0) is 0 Å². The van der Waals surface area contributed by atoms with Gasteiger partial charge in [0.25, 0.3) is 0 Å². The van der Waals surface area contributed by atoms with Crippen molar-refractivity contribution in [1.29, 1.82) is 0 Å². The van der Waals surface area contributed by atoms with E-state index in [0.29, 0.717) is 0 Å². The Morgan fingerprint density at radius 2 is 1.50 bits per heavy atom. The molecule has 38 valence electrons. The summed E-state index contributed by atoms with van der Waals surface area (Å²) in [7, 11) is 0. The minimum absolute atomic E-state index is 0.721. The van der Waals surface area contributed by atoms with E-state index < -0.39 is 19.8 Å². The van der Waals surface area contributed by atoms with Gasteiger partial charge in [-0.1, -0.05) is 0 Å². The van der Waals surface area contributed by atoms with Crippen LogP contribution < -0.4 is 0 Å². The maximum absolute atomic E-state index is 2.49. The van der Waals surface area contributed by atoms with Crippen molar-refractivity contribution in [3.63, 3.8) is 0 Å². The first-order valence-electron chi connectivity index (χ1n) is 2.81. The Morgan fingerprint density at radius 1 is 1.17 bits per heavy atom. The number of rotatable bonds is 2. The van der Waals surface area contributed by atoms with Gasteiger partial charge in [0, 0.05) is 0 Å². The Balaban J connectivity index is 2.75. The van der Waals surface area contributed by atoms with E-state index in [4.69, 9.17) is 0 Å². The van der Waals surface area contributed by atoms with Gasteiger partial charge in [0.05, 0.1) is 0 Å². The molecule has 1 heteroatoms. The molecule has 0 aromatic heterocycles. The van der Waals surface area contributed by atoms with Crippen LogP contribution in [0.3, 0.4) is 0 Å². The molecule has 0 fully saturated rings. The maximum atomic E-state index is 2.49. The second kappa shape index (κ2) is 3.97. The van der Waals surface area contributed by atoms with E-state index in [1.807, 2.05) is 0 Å². The van der Waals surface area contributed by atoms with Crippen molar-refractivity contribution in [2.45, 2.75) is 27.7 Å². The third-order valence-corrected chi connectivity index (χ3v) is 9.35. The predicted octanol–water partition coefficient (Wildman–Crippen LogP) is 1.88. The van der Waals surface area contributed by atoms with Crippen molar-refractivity contribution in [3.05, 3.63) is 0 Å². The zero-order valence-electron chi connectivity index (χ0n) is 4.99. The summed E-state index contributed by atoms with van der Waals surface area (Å²) < 4.78 is 3.08. The summed E-state index contributed by atoms with van der Waals surface area (Å²) in [5.74, 6) is 0. The third kappa shape index (κ3) is 3.01. The molecule has 0 nitrogen and oxygen atoms in total. The van der Waals surface area contributed by atoms with Crippen LogP contribution in [0.5, 0.6) is 0 Å². The van der Waals surface area contributed by atoms with E-state index >= 15 is 0 Å². The Bertz CT molecular complexity index is 23.1. The van der Waals surface area contributed by atoms with Crippen molar-refractivity contribution in [3.8, 4) is 0 Å². The fraction of sp³-hybridized carbons (Fsp3) is 1.00. The minimum atomic E-state index is -0.721. The SMILES string of the molecule is C[CH2][SnH]([CH3])[CH2]C. The Morgan fingerprint density at radius 3 is 1.50 bits per heavy atom. The summed E-state index contributed by atoms with van der Waals surface area (Å²) in [5.41, 5.74) is 0. The van der Waals surface area contributed by atoms with Gasteiger partial charge in [-0.15, -0.1) is 0 Å². The zero-order chi connectivity index (χ0) is 4.99. The Labute approximate surface area is 47.7 Å². The summed E-state index contributed by atoms with van der Waals surface area (Å²) in [6.07, 6.45) is 0. The van der Waals surface area contributed by atoms with Crippen molar-refractivity contribution in [1.82, 2.24) is 0 Å². The molecule has 0 saturated carbocycles. The normalized spacial score (nSPS) is 10.0. The van der Waals surface area contributed by atoms with Gasteiger partial charge in [-0.3, -0.25) is 0 Å². The third-order valence-electron chi connectivity index (χ3n) is 1.39. The molecular formula is C5H14Sn. The molecule has 0 rings (SSSR count). The van der Waals surface area contributed by atoms with Gasteiger partial charge in [0.15, 0.2) is 0 Å². The summed E-state index contributed by atoms with van der Waals surface area (Å²) >= 11 is -0.721. The molecule has 0 aliphatic heterocycles. The second-order valence-corrected chi connectivity index (χ2v) is 12.9. The fourth-order valence-electron chi connectivity index (χ4n) is 0.289. The van der Waals surface area contributed by atoms with Crippen LogP contribution in [0.15, 0.2) is 0 Å². The van der Waals surface area contributed by atoms with Crippen molar-refractivity contribution >= 4 is 19.8 Å². The summed E-state index contributed by atoms with van der Waals surface area (Å²) in [6.45, 7) is 4.65. The van der Waals surface area contributed by atoms with Gasteiger partial charge in [-0.2, -0.15) is 0 Å². The van der Waals surface area contributed by atoms with Gasteiger partial charge in [-0.25, -0.2) is 0 Å². The Hall–Kier alpha value is 0.799. The molecule has 0 radical (unpaired) electrons. The van der Waals surface area contributed by atoms with E-state index in [-0.39, 0.29) is 0 Å². The molecule has 0 atom stereocenters. The molecule has 0 N–H and O–H groups in total. The van der Waals surface area contributed by atoms with Crippen LogP contribution >= 0.6 is 0 Å². The van der Waals surface area contributed by atoms with E-state index in [1.165, 1.54) is 8.87 Å². The van der Waals surface area contributed by atoms with Gasteiger partial charge in [0.2, 0.25) is 0 Å². The van der Waals surface area contributed by atoms with Crippen LogP contribution in [0.2, 0.25) is 13.8 Å². The second-order valence-electron chi connectivity index (χ2n) is 1.92. The molecule has 0 heterocycles. The van der Waals surface area contributed by atoms with Gasteiger partial charge < -0.3 is 0 Å². The van der Waals surface area contributed by atoms with E-state index in [2.05, 4.69) is 18.8 Å². The topological polar surface area (TPSA) is 0 Å². The van der Waals surface area contributed by atoms with Crippen LogP contribution in [0, 0.1) is 0 Å². The average Bonchev–Trinajstić information content (AvgIpc) is 1.65. The molecular weight excluding hydrogens is 179 g/mol. The molecule has 0 aromatic carbocycles. The molecule has 0 saturated heterocycles. The van der Waals surface area contributed by atoms with Gasteiger partial charge >= 0.3 is 47.4 Å². The molecule has 0 unspecified atom stereocenters.